The molecule has 0 saturated carbocycles. The zero-order chi connectivity index (χ0) is 12.3. The van der Waals surface area contributed by atoms with E-state index in [2.05, 4.69) is 15.5 Å². The van der Waals surface area contributed by atoms with E-state index in [1.165, 1.54) is 18.2 Å². The normalized spacial score (nSPS) is 9.65. The lowest BCUT2D eigenvalue weighted by Crippen LogP contribution is -1.98. The Labute approximate surface area is 96.7 Å². The summed E-state index contributed by atoms with van der Waals surface area (Å²) in [5.41, 5.74) is 5.92. The lowest BCUT2D eigenvalue weighted by Gasteiger charge is -2.05. The van der Waals surface area contributed by atoms with Crippen LogP contribution in [0, 0.1) is 17.1 Å². The van der Waals surface area contributed by atoms with Crippen LogP contribution < -0.4 is 11.1 Å². The quantitative estimate of drug-likeness (QED) is 0.819. The fourth-order valence-corrected chi connectivity index (χ4v) is 1.25. The van der Waals surface area contributed by atoms with Gasteiger partial charge >= 0.3 is 0 Å². The molecule has 0 unspecified atom stereocenters. The molecule has 3 N–H and O–H groups in total. The van der Waals surface area contributed by atoms with Gasteiger partial charge in [0.1, 0.15) is 17.7 Å². The van der Waals surface area contributed by atoms with Gasteiger partial charge in [0.15, 0.2) is 5.82 Å². The molecule has 1 aromatic heterocycles. The van der Waals surface area contributed by atoms with Gasteiger partial charge in [0.2, 0.25) is 0 Å². The molecule has 2 rings (SSSR count). The largest absolute Gasteiger partial charge is 0.382 e. The fraction of sp³-hybridized carbons (Fsp3) is 0. The third-order valence-electron chi connectivity index (χ3n) is 2.04. The highest BCUT2D eigenvalue weighted by Crippen LogP contribution is 2.17. The van der Waals surface area contributed by atoms with Gasteiger partial charge in [-0.3, -0.25) is 0 Å². The number of anilines is 3. The smallest absolute Gasteiger partial charge is 0.153 e. The van der Waals surface area contributed by atoms with Crippen molar-refractivity contribution in [3.63, 3.8) is 0 Å². The van der Waals surface area contributed by atoms with Gasteiger partial charge in [-0.2, -0.15) is 5.26 Å². The molecule has 0 aliphatic heterocycles. The minimum absolute atomic E-state index is 0.0293. The van der Waals surface area contributed by atoms with E-state index in [1.807, 2.05) is 0 Å². The van der Waals surface area contributed by atoms with Crippen molar-refractivity contribution in [2.45, 2.75) is 0 Å². The molecule has 0 aliphatic carbocycles. The van der Waals surface area contributed by atoms with Crippen LogP contribution in [-0.4, -0.2) is 10.2 Å². The second kappa shape index (κ2) is 4.45. The molecule has 84 valence electrons. The summed E-state index contributed by atoms with van der Waals surface area (Å²) >= 11 is 0. The Balaban J connectivity index is 2.25. The van der Waals surface area contributed by atoms with Crippen molar-refractivity contribution in [3.8, 4) is 6.07 Å². The zero-order valence-corrected chi connectivity index (χ0v) is 8.68. The lowest BCUT2D eigenvalue weighted by atomic mass is 10.2. The average Bonchev–Trinajstić information content (AvgIpc) is 2.34. The maximum atomic E-state index is 13.1. The van der Waals surface area contributed by atoms with Crippen molar-refractivity contribution in [2.24, 2.45) is 0 Å². The fourth-order valence-electron chi connectivity index (χ4n) is 1.25. The summed E-state index contributed by atoms with van der Waals surface area (Å²) in [7, 11) is 0. The number of halogens is 1. The number of benzene rings is 1. The molecule has 0 bridgehead atoms. The molecule has 1 heterocycles. The highest BCUT2D eigenvalue weighted by molar-refractivity contribution is 5.58. The molecule has 1 aromatic carbocycles. The standard InChI is InChI=1S/C11H8FN5/c12-9-2-1-8(5-7(9)6-13)15-11-4-3-10(14)16-17-11/h1-5H,(H2,14,16)(H,15,17). The molecular weight excluding hydrogens is 221 g/mol. The van der Waals surface area contributed by atoms with Crippen molar-refractivity contribution in [1.29, 1.82) is 5.26 Å². The predicted molar refractivity (Wildman–Crippen MR) is 60.8 cm³/mol. The predicted octanol–water partition coefficient (Wildman–Crippen LogP) is 1.81. The van der Waals surface area contributed by atoms with Crippen LogP contribution in [0.4, 0.5) is 21.7 Å². The second-order valence-electron chi connectivity index (χ2n) is 3.27. The molecule has 0 atom stereocenters. The Morgan fingerprint density at radius 1 is 1.24 bits per heavy atom. The number of hydrogen-bond acceptors (Lipinski definition) is 5. The van der Waals surface area contributed by atoms with Gasteiger partial charge in [-0.1, -0.05) is 0 Å². The van der Waals surface area contributed by atoms with Gasteiger partial charge in [-0.15, -0.1) is 10.2 Å². The first-order valence-electron chi connectivity index (χ1n) is 4.75. The van der Waals surface area contributed by atoms with Crippen LogP contribution in [0.3, 0.4) is 0 Å². The minimum Gasteiger partial charge on any atom is -0.382 e. The highest BCUT2D eigenvalue weighted by atomic mass is 19.1. The number of rotatable bonds is 2. The third kappa shape index (κ3) is 2.46. The molecule has 0 fully saturated rings. The van der Waals surface area contributed by atoms with E-state index in [0.29, 0.717) is 17.3 Å². The van der Waals surface area contributed by atoms with E-state index in [9.17, 15) is 4.39 Å². The second-order valence-corrected chi connectivity index (χ2v) is 3.27. The molecule has 17 heavy (non-hydrogen) atoms. The van der Waals surface area contributed by atoms with Crippen molar-refractivity contribution < 1.29 is 4.39 Å². The van der Waals surface area contributed by atoms with Crippen molar-refractivity contribution in [1.82, 2.24) is 10.2 Å². The monoisotopic (exact) mass is 229 g/mol. The molecule has 0 amide bonds. The topological polar surface area (TPSA) is 87.6 Å². The Bertz CT molecular complexity index is 573. The Morgan fingerprint density at radius 2 is 2.06 bits per heavy atom. The Hall–Kier alpha value is -2.68. The number of nitriles is 1. The maximum absolute atomic E-state index is 13.1. The molecule has 0 radical (unpaired) electrons. The summed E-state index contributed by atoms with van der Waals surface area (Å²) in [5.74, 6) is 0.225. The first-order valence-corrected chi connectivity index (χ1v) is 4.75. The van der Waals surface area contributed by atoms with E-state index in [-0.39, 0.29) is 5.56 Å². The summed E-state index contributed by atoms with van der Waals surface area (Å²) in [6, 6.07) is 9.10. The molecule has 6 heteroatoms. The van der Waals surface area contributed by atoms with E-state index >= 15 is 0 Å². The lowest BCUT2D eigenvalue weighted by molar-refractivity contribution is 0.624. The van der Waals surface area contributed by atoms with Crippen molar-refractivity contribution in [2.75, 3.05) is 11.1 Å². The van der Waals surface area contributed by atoms with E-state index in [4.69, 9.17) is 11.0 Å². The van der Waals surface area contributed by atoms with Gasteiger partial charge in [0.25, 0.3) is 0 Å². The van der Waals surface area contributed by atoms with Crippen LogP contribution in [0.25, 0.3) is 0 Å². The molecule has 5 nitrogen and oxygen atoms in total. The van der Waals surface area contributed by atoms with Gasteiger partial charge in [-0.25, -0.2) is 4.39 Å². The SMILES string of the molecule is N#Cc1cc(Nc2ccc(N)nn2)ccc1F. The van der Waals surface area contributed by atoms with E-state index < -0.39 is 5.82 Å². The summed E-state index contributed by atoms with van der Waals surface area (Å²) in [5, 5.41) is 19.0. The van der Waals surface area contributed by atoms with Crippen molar-refractivity contribution >= 4 is 17.3 Å². The minimum atomic E-state index is -0.554. The average molecular weight is 229 g/mol. The van der Waals surface area contributed by atoms with Crippen LogP contribution in [0.5, 0.6) is 0 Å². The number of nitrogen functional groups attached to an aromatic ring is 1. The molecule has 2 aromatic rings. The Kier molecular flexibility index (Phi) is 2.83. The van der Waals surface area contributed by atoms with Gasteiger partial charge in [0, 0.05) is 5.69 Å². The number of aromatic nitrogens is 2. The van der Waals surface area contributed by atoms with Crippen LogP contribution >= 0.6 is 0 Å². The van der Waals surface area contributed by atoms with Crippen LogP contribution in [-0.2, 0) is 0 Å². The Morgan fingerprint density at radius 3 is 2.71 bits per heavy atom. The van der Waals surface area contributed by atoms with Crippen LogP contribution in [0.2, 0.25) is 0 Å². The van der Waals surface area contributed by atoms with Crippen molar-refractivity contribution in [3.05, 3.63) is 41.7 Å². The summed E-state index contributed by atoms with van der Waals surface area (Å²) in [6.07, 6.45) is 0. The van der Waals surface area contributed by atoms with E-state index in [0.717, 1.165) is 0 Å². The highest BCUT2D eigenvalue weighted by Gasteiger charge is 2.03. The number of hydrogen-bond donors (Lipinski definition) is 2. The summed E-state index contributed by atoms with van der Waals surface area (Å²) in [4.78, 5) is 0. The van der Waals surface area contributed by atoms with Crippen LogP contribution in [0.15, 0.2) is 30.3 Å². The molecular formula is C11H8FN5. The van der Waals surface area contributed by atoms with Gasteiger partial charge in [-0.05, 0) is 30.3 Å². The summed E-state index contributed by atoms with van der Waals surface area (Å²) < 4.78 is 13.1. The number of nitrogens with one attached hydrogen (secondary N) is 1. The first kappa shape index (κ1) is 10.8. The number of nitrogens with two attached hydrogens (primary N) is 1. The maximum Gasteiger partial charge on any atom is 0.153 e. The number of nitrogens with zero attached hydrogens (tertiary/aromatic N) is 3. The van der Waals surface area contributed by atoms with Gasteiger partial charge < -0.3 is 11.1 Å². The summed E-state index contributed by atoms with van der Waals surface area (Å²) in [6.45, 7) is 0. The zero-order valence-electron chi connectivity index (χ0n) is 8.68. The molecule has 0 saturated heterocycles. The first-order chi connectivity index (χ1) is 8.19. The molecule has 0 aliphatic rings. The van der Waals surface area contributed by atoms with E-state index in [1.54, 1.807) is 18.2 Å². The third-order valence-corrected chi connectivity index (χ3v) is 2.04. The van der Waals surface area contributed by atoms with Crippen LogP contribution in [0.1, 0.15) is 5.56 Å². The molecule has 0 spiro atoms. The van der Waals surface area contributed by atoms with Gasteiger partial charge in [0.05, 0.1) is 5.56 Å².